The van der Waals surface area contributed by atoms with Gasteiger partial charge in [0.1, 0.15) is 6.61 Å². The molecule has 160 valence electrons. The standard InChI is InChI=1S/C21H23BrN2O5S/c1-14-11-15(5-7-17(14)22)23-30(26,27)16-6-8-18-19(12-16)28-13-20(29-18)21(25)24-9-3-2-4-10-24/h5-8,11-12,20,23H,2-4,9-10,13H2,1H3/t20-/m0/s1. The first-order valence-electron chi connectivity index (χ1n) is 9.85. The predicted molar refractivity (Wildman–Crippen MR) is 116 cm³/mol. The molecule has 1 N–H and O–H groups in total. The number of nitrogens with zero attached hydrogens (tertiary/aromatic N) is 1. The van der Waals surface area contributed by atoms with E-state index in [1.807, 2.05) is 11.8 Å². The van der Waals surface area contributed by atoms with Crippen molar-refractivity contribution in [3.8, 4) is 11.5 Å². The lowest BCUT2D eigenvalue weighted by Crippen LogP contribution is -2.48. The summed E-state index contributed by atoms with van der Waals surface area (Å²) in [6.45, 7) is 3.42. The minimum Gasteiger partial charge on any atom is -0.485 e. The van der Waals surface area contributed by atoms with Crippen LogP contribution in [0.3, 0.4) is 0 Å². The fraction of sp³-hybridized carbons (Fsp3) is 0.381. The number of hydrogen-bond acceptors (Lipinski definition) is 5. The molecule has 0 radical (unpaired) electrons. The third-order valence-corrected chi connectivity index (χ3v) is 7.51. The molecule has 7 nitrogen and oxygen atoms in total. The van der Waals surface area contributed by atoms with Gasteiger partial charge in [-0.3, -0.25) is 9.52 Å². The number of halogens is 1. The lowest BCUT2D eigenvalue weighted by atomic mass is 10.1. The van der Waals surface area contributed by atoms with E-state index in [1.165, 1.54) is 18.2 Å². The van der Waals surface area contributed by atoms with Gasteiger partial charge in [-0.1, -0.05) is 15.9 Å². The minimum atomic E-state index is -3.80. The van der Waals surface area contributed by atoms with Crippen molar-refractivity contribution in [1.82, 2.24) is 4.90 Å². The van der Waals surface area contributed by atoms with Crippen LogP contribution in [0.1, 0.15) is 24.8 Å². The molecule has 0 spiro atoms. The molecule has 2 heterocycles. The second kappa shape index (κ2) is 8.47. The monoisotopic (exact) mass is 494 g/mol. The Hall–Kier alpha value is -2.26. The van der Waals surface area contributed by atoms with E-state index in [1.54, 1.807) is 18.2 Å². The van der Waals surface area contributed by atoms with Gasteiger partial charge in [0, 0.05) is 29.3 Å². The summed E-state index contributed by atoms with van der Waals surface area (Å²) >= 11 is 3.40. The average Bonchev–Trinajstić information content (AvgIpc) is 2.75. The van der Waals surface area contributed by atoms with Gasteiger partial charge in [-0.2, -0.15) is 0 Å². The molecule has 2 aliphatic heterocycles. The molecule has 1 atom stereocenters. The number of benzene rings is 2. The van der Waals surface area contributed by atoms with E-state index in [9.17, 15) is 13.2 Å². The van der Waals surface area contributed by atoms with E-state index in [-0.39, 0.29) is 17.4 Å². The number of sulfonamides is 1. The summed E-state index contributed by atoms with van der Waals surface area (Å²) < 4.78 is 40.6. The third kappa shape index (κ3) is 4.41. The van der Waals surface area contributed by atoms with Crippen LogP contribution in [0.5, 0.6) is 11.5 Å². The van der Waals surface area contributed by atoms with Crippen LogP contribution in [-0.4, -0.2) is 45.0 Å². The molecule has 0 saturated carbocycles. The second-order valence-corrected chi connectivity index (χ2v) is 10.0. The molecule has 0 aromatic heterocycles. The van der Waals surface area contributed by atoms with E-state index in [0.29, 0.717) is 17.2 Å². The lowest BCUT2D eigenvalue weighted by Gasteiger charge is -2.32. The van der Waals surface area contributed by atoms with Crippen LogP contribution in [-0.2, 0) is 14.8 Å². The number of aryl methyl sites for hydroxylation is 1. The van der Waals surface area contributed by atoms with Gasteiger partial charge < -0.3 is 14.4 Å². The molecule has 1 saturated heterocycles. The van der Waals surface area contributed by atoms with E-state index in [4.69, 9.17) is 9.47 Å². The predicted octanol–water partition coefficient (Wildman–Crippen LogP) is 3.71. The molecule has 2 aromatic carbocycles. The SMILES string of the molecule is Cc1cc(NS(=O)(=O)c2ccc3c(c2)OC[C@@H](C(=O)N2CCCCC2)O3)ccc1Br. The number of carbonyl (C=O) groups is 1. The third-order valence-electron chi connectivity index (χ3n) is 5.24. The Morgan fingerprint density at radius 3 is 2.60 bits per heavy atom. The maximum absolute atomic E-state index is 12.8. The van der Waals surface area contributed by atoms with Gasteiger partial charge in [-0.05, 0) is 62.1 Å². The number of amides is 1. The Bertz CT molecular complexity index is 1070. The molecule has 0 bridgehead atoms. The zero-order valence-corrected chi connectivity index (χ0v) is 19.0. The fourth-order valence-corrected chi connectivity index (χ4v) is 4.89. The highest BCUT2D eigenvalue weighted by Crippen LogP contribution is 2.35. The van der Waals surface area contributed by atoms with Crippen molar-refractivity contribution in [3.05, 3.63) is 46.4 Å². The van der Waals surface area contributed by atoms with Gasteiger partial charge in [0.25, 0.3) is 15.9 Å². The van der Waals surface area contributed by atoms with Gasteiger partial charge in [0.2, 0.25) is 6.10 Å². The van der Waals surface area contributed by atoms with Crippen LogP contribution < -0.4 is 14.2 Å². The highest BCUT2D eigenvalue weighted by atomic mass is 79.9. The topological polar surface area (TPSA) is 84.9 Å². The summed E-state index contributed by atoms with van der Waals surface area (Å²) in [5.41, 5.74) is 1.39. The van der Waals surface area contributed by atoms with E-state index >= 15 is 0 Å². The van der Waals surface area contributed by atoms with Gasteiger partial charge in [-0.15, -0.1) is 0 Å². The number of hydrogen-bond donors (Lipinski definition) is 1. The summed E-state index contributed by atoms with van der Waals surface area (Å²) in [5.74, 6) is 0.604. The minimum absolute atomic E-state index is 0.0607. The van der Waals surface area contributed by atoms with E-state index < -0.39 is 16.1 Å². The van der Waals surface area contributed by atoms with E-state index in [0.717, 1.165) is 42.4 Å². The molecule has 30 heavy (non-hydrogen) atoms. The summed E-state index contributed by atoms with van der Waals surface area (Å²) in [6.07, 6.45) is 2.44. The van der Waals surface area contributed by atoms with Gasteiger partial charge in [0.15, 0.2) is 11.5 Å². The molecular weight excluding hydrogens is 472 g/mol. The number of carbonyl (C=O) groups excluding carboxylic acids is 1. The maximum Gasteiger partial charge on any atom is 0.267 e. The number of fused-ring (bicyclic) bond motifs is 1. The van der Waals surface area contributed by atoms with Crippen molar-refractivity contribution in [2.24, 2.45) is 0 Å². The Morgan fingerprint density at radius 2 is 1.87 bits per heavy atom. The molecule has 2 aliphatic rings. The zero-order valence-electron chi connectivity index (χ0n) is 16.6. The first kappa shape index (κ1) is 21.0. The van der Waals surface area contributed by atoms with Crippen LogP contribution in [0.4, 0.5) is 5.69 Å². The Morgan fingerprint density at radius 1 is 1.10 bits per heavy atom. The first-order valence-corrected chi connectivity index (χ1v) is 12.1. The maximum atomic E-state index is 12.8. The van der Waals surface area contributed by atoms with Crippen molar-refractivity contribution in [2.45, 2.75) is 37.2 Å². The van der Waals surface area contributed by atoms with E-state index in [2.05, 4.69) is 20.7 Å². The summed E-state index contributed by atoms with van der Waals surface area (Å²) in [7, 11) is -3.80. The summed E-state index contributed by atoms with van der Waals surface area (Å²) in [5, 5.41) is 0. The van der Waals surface area contributed by atoms with Crippen molar-refractivity contribution in [3.63, 3.8) is 0 Å². The smallest absolute Gasteiger partial charge is 0.267 e. The van der Waals surface area contributed by atoms with Gasteiger partial charge in [-0.25, -0.2) is 8.42 Å². The van der Waals surface area contributed by atoms with Gasteiger partial charge >= 0.3 is 0 Å². The van der Waals surface area contributed by atoms with Crippen LogP contribution in [0.25, 0.3) is 0 Å². The Balaban J connectivity index is 1.49. The van der Waals surface area contributed by atoms with Gasteiger partial charge in [0.05, 0.1) is 4.90 Å². The highest BCUT2D eigenvalue weighted by Gasteiger charge is 2.32. The first-order chi connectivity index (χ1) is 14.3. The van der Waals surface area contributed by atoms with Crippen molar-refractivity contribution in [2.75, 3.05) is 24.4 Å². The molecule has 0 unspecified atom stereocenters. The largest absolute Gasteiger partial charge is 0.485 e. The Labute approximate surface area is 184 Å². The molecule has 4 rings (SSSR count). The van der Waals surface area contributed by atoms with Crippen molar-refractivity contribution < 1.29 is 22.7 Å². The number of nitrogens with one attached hydrogen (secondary N) is 1. The number of rotatable bonds is 4. The van der Waals surface area contributed by atoms with Crippen molar-refractivity contribution in [1.29, 1.82) is 0 Å². The van der Waals surface area contributed by atoms with Crippen LogP contribution in [0.15, 0.2) is 45.8 Å². The molecular formula is C21H23BrN2O5S. The molecule has 0 aliphatic carbocycles. The normalized spacial score (nSPS) is 18.7. The van der Waals surface area contributed by atoms with Crippen molar-refractivity contribution >= 4 is 37.5 Å². The molecule has 9 heteroatoms. The van der Waals surface area contributed by atoms with Crippen LogP contribution in [0, 0.1) is 6.92 Å². The lowest BCUT2D eigenvalue weighted by molar-refractivity contribution is -0.142. The average molecular weight is 495 g/mol. The van der Waals surface area contributed by atoms with Crippen LogP contribution >= 0.6 is 15.9 Å². The quantitative estimate of drug-likeness (QED) is 0.699. The zero-order chi connectivity index (χ0) is 21.3. The molecule has 2 aromatic rings. The number of ether oxygens (including phenoxy) is 2. The highest BCUT2D eigenvalue weighted by molar-refractivity contribution is 9.10. The second-order valence-electron chi connectivity index (χ2n) is 7.48. The summed E-state index contributed by atoms with van der Waals surface area (Å²) in [4.78, 5) is 14.5. The Kier molecular flexibility index (Phi) is 5.92. The number of anilines is 1. The molecule has 1 amide bonds. The summed E-state index contributed by atoms with van der Waals surface area (Å²) in [6, 6.07) is 9.62. The fourth-order valence-electron chi connectivity index (χ4n) is 3.58. The van der Waals surface area contributed by atoms with Crippen LogP contribution in [0.2, 0.25) is 0 Å². The number of piperidine rings is 1. The number of likely N-dealkylation sites (tertiary alicyclic amines) is 1. The molecule has 1 fully saturated rings.